The lowest BCUT2D eigenvalue weighted by atomic mass is 9.97. The Morgan fingerprint density at radius 1 is 0.846 bits per heavy atom. The molecule has 3 aromatic carbocycles. The molecule has 0 atom stereocenters. The van der Waals surface area contributed by atoms with E-state index in [9.17, 15) is 0 Å². The Morgan fingerprint density at radius 3 is 2.46 bits per heavy atom. The standard InChI is InChI=1S/C23H18BrNO/c1-26-23-15-20(21-14-19(24)10-11-22(21)25-23)18-9-5-8-17(13-18)12-16-6-3-2-4-7-16/h2-11,13-15H,12H2,1H3. The van der Waals surface area contributed by atoms with E-state index in [1.54, 1.807) is 7.11 Å². The Hall–Kier alpha value is -2.65. The third kappa shape index (κ3) is 3.49. The average molecular weight is 404 g/mol. The molecule has 3 heteroatoms. The van der Waals surface area contributed by atoms with Gasteiger partial charge in [0.1, 0.15) is 0 Å². The summed E-state index contributed by atoms with van der Waals surface area (Å²) in [5.41, 5.74) is 5.82. The van der Waals surface area contributed by atoms with Gasteiger partial charge in [0.15, 0.2) is 0 Å². The maximum Gasteiger partial charge on any atom is 0.214 e. The van der Waals surface area contributed by atoms with Crippen LogP contribution in [0.2, 0.25) is 0 Å². The van der Waals surface area contributed by atoms with Crippen molar-refractivity contribution < 1.29 is 4.74 Å². The fourth-order valence-corrected chi connectivity index (χ4v) is 3.56. The zero-order chi connectivity index (χ0) is 17.9. The van der Waals surface area contributed by atoms with Crippen LogP contribution < -0.4 is 4.74 Å². The van der Waals surface area contributed by atoms with Crippen LogP contribution in [0.15, 0.2) is 83.3 Å². The van der Waals surface area contributed by atoms with E-state index in [2.05, 4.69) is 75.5 Å². The summed E-state index contributed by atoms with van der Waals surface area (Å²) in [6, 6.07) is 27.4. The molecule has 0 unspecified atom stereocenters. The molecule has 2 nitrogen and oxygen atoms in total. The predicted octanol–water partition coefficient (Wildman–Crippen LogP) is 6.26. The molecule has 1 aromatic heterocycles. The van der Waals surface area contributed by atoms with Gasteiger partial charge in [0, 0.05) is 15.9 Å². The molecule has 0 N–H and O–H groups in total. The van der Waals surface area contributed by atoms with Crippen LogP contribution in [-0.4, -0.2) is 12.1 Å². The zero-order valence-electron chi connectivity index (χ0n) is 14.4. The minimum Gasteiger partial charge on any atom is -0.481 e. The highest BCUT2D eigenvalue weighted by atomic mass is 79.9. The predicted molar refractivity (Wildman–Crippen MR) is 111 cm³/mol. The minimum absolute atomic E-state index is 0.628. The number of rotatable bonds is 4. The molecule has 128 valence electrons. The SMILES string of the molecule is COc1cc(-c2cccc(Cc3ccccc3)c2)c2cc(Br)ccc2n1. The van der Waals surface area contributed by atoms with Crippen molar-refractivity contribution in [2.75, 3.05) is 7.11 Å². The molecule has 0 amide bonds. The summed E-state index contributed by atoms with van der Waals surface area (Å²) in [5.74, 6) is 0.628. The largest absolute Gasteiger partial charge is 0.481 e. The van der Waals surface area contributed by atoms with Crippen LogP contribution in [0, 0.1) is 0 Å². The van der Waals surface area contributed by atoms with Gasteiger partial charge in [0.05, 0.1) is 12.6 Å². The van der Waals surface area contributed by atoms with Crippen molar-refractivity contribution in [2.24, 2.45) is 0 Å². The monoisotopic (exact) mass is 403 g/mol. The molecule has 4 rings (SSSR count). The average Bonchev–Trinajstić information content (AvgIpc) is 2.68. The summed E-state index contributed by atoms with van der Waals surface area (Å²) in [5, 5.41) is 1.11. The maximum absolute atomic E-state index is 5.42. The molecule has 0 saturated heterocycles. The lowest BCUT2D eigenvalue weighted by molar-refractivity contribution is 0.400. The molecule has 4 aromatic rings. The van der Waals surface area contributed by atoms with Crippen molar-refractivity contribution in [1.82, 2.24) is 4.98 Å². The molecule has 0 bridgehead atoms. The highest BCUT2D eigenvalue weighted by Gasteiger charge is 2.10. The Balaban J connectivity index is 1.82. The first kappa shape index (κ1) is 16.8. The summed E-state index contributed by atoms with van der Waals surface area (Å²) in [7, 11) is 1.66. The number of benzene rings is 3. The number of nitrogens with zero attached hydrogens (tertiary/aromatic N) is 1. The van der Waals surface area contributed by atoms with Crippen molar-refractivity contribution in [3.8, 4) is 17.0 Å². The number of ether oxygens (including phenoxy) is 1. The van der Waals surface area contributed by atoms with Gasteiger partial charge in [0.2, 0.25) is 5.88 Å². The van der Waals surface area contributed by atoms with Crippen molar-refractivity contribution in [1.29, 1.82) is 0 Å². The van der Waals surface area contributed by atoms with Gasteiger partial charge in [-0.25, -0.2) is 4.98 Å². The van der Waals surface area contributed by atoms with Gasteiger partial charge in [-0.3, -0.25) is 0 Å². The van der Waals surface area contributed by atoms with E-state index >= 15 is 0 Å². The second kappa shape index (κ2) is 7.30. The minimum atomic E-state index is 0.628. The molecular weight excluding hydrogens is 386 g/mol. The highest BCUT2D eigenvalue weighted by molar-refractivity contribution is 9.10. The van der Waals surface area contributed by atoms with Crippen LogP contribution in [0.5, 0.6) is 5.88 Å². The van der Waals surface area contributed by atoms with E-state index < -0.39 is 0 Å². The summed E-state index contributed by atoms with van der Waals surface area (Å²) < 4.78 is 6.46. The Labute approximate surface area is 161 Å². The Kier molecular flexibility index (Phi) is 4.72. The van der Waals surface area contributed by atoms with Gasteiger partial charge in [-0.05, 0) is 46.9 Å². The van der Waals surface area contributed by atoms with E-state index in [4.69, 9.17) is 4.74 Å². The molecule has 0 fully saturated rings. The van der Waals surface area contributed by atoms with E-state index in [-0.39, 0.29) is 0 Å². The number of hydrogen-bond donors (Lipinski definition) is 0. The first-order valence-electron chi connectivity index (χ1n) is 8.50. The van der Waals surface area contributed by atoms with Crippen molar-refractivity contribution in [3.05, 3.63) is 94.5 Å². The van der Waals surface area contributed by atoms with Crippen LogP contribution >= 0.6 is 15.9 Å². The molecule has 0 radical (unpaired) electrons. The molecule has 0 saturated carbocycles. The molecule has 26 heavy (non-hydrogen) atoms. The van der Waals surface area contributed by atoms with Crippen LogP contribution in [0.4, 0.5) is 0 Å². The molecule has 0 spiro atoms. The number of fused-ring (bicyclic) bond motifs is 1. The number of pyridine rings is 1. The van der Waals surface area contributed by atoms with E-state index in [1.807, 2.05) is 24.3 Å². The third-order valence-corrected chi connectivity index (χ3v) is 4.94. The zero-order valence-corrected chi connectivity index (χ0v) is 16.0. The van der Waals surface area contributed by atoms with E-state index in [1.165, 1.54) is 16.7 Å². The van der Waals surface area contributed by atoms with Crippen molar-refractivity contribution in [2.45, 2.75) is 6.42 Å². The molecular formula is C23H18BrNO. The highest BCUT2D eigenvalue weighted by Crippen LogP contribution is 2.33. The van der Waals surface area contributed by atoms with Crippen molar-refractivity contribution in [3.63, 3.8) is 0 Å². The first-order valence-corrected chi connectivity index (χ1v) is 9.30. The number of methoxy groups -OCH3 is 1. The topological polar surface area (TPSA) is 22.1 Å². The Bertz CT molecular complexity index is 1060. The van der Waals surface area contributed by atoms with E-state index in [0.29, 0.717) is 5.88 Å². The van der Waals surface area contributed by atoms with Gasteiger partial charge < -0.3 is 4.74 Å². The van der Waals surface area contributed by atoms with Crippen LogP contribution in [0.25, 0.3) is 22.0 Å². The number of aromatic nitrogens is 1. The Morgan fingerprint density at radius 2 is 1.65 bits per heavy atom. The van der Waals surface area contributed by atoms with Crippen LogP contribution in [-0.2, 0) is 6.42 Å². The second-order valence-electron chi connectivity index (χ2n) is 6.24. The van der Waals surface area contributed by atoms with Crippen LogP contribution in [0.3, 0.4) is 0 Å². The molecule has 0 aliphatic heterocycles. The van der Waals surface area contributed by atoms with Gasteiger partial charge >= 0.3 is 0 Å². The number of halogens is 1. The molecule has 0 aliphatic carbocycles. The second-order valence-corrected chi connectivity index (χ2v) is 7.15. The smallest absolute Gasteiger partial charge is 0.214 e. The fraction of sp³-hybridized carbons (Fsp3) is 0.0870. The van der Waals surface area contributed by atoms with E-state index in [0.717, 1.165) is 27.4 Å². The van der Waals surface area contributed by atoms with Crippen molar-refractivity contribution >= 4 is 26.8 Å². The maximum atomic E-state index is 5.42. The lowest BCUT2D eigenvalue weighted by Crippen LogP contribution is -1.93. The van der Waals surface area contributed by atoms with Gasteiger partial charge in [-0.15, -0.1) is 0 Å². The lowest BCUT2D eigenvalue weighted by Gasteiger charge is -2.11. The molecule has 0 aliphatic rings. The van der Waals surface area contributed by atoms with Gasteiger partial charge in [-0.2, -0.15) is 0 Å². The fourth-order valence-electron chi connectivity index (χ4n) is 3.20. The molecule has 1 heterocycles. The van der Waals surface area contributed by atoms with Gasteiger partial charge in [0.25, 0.3) is 0 Å². The summed E-state index contributed by atoms with van der Waals surface area (Å²) >= 11 is 3.57. The van der Waals surface area contributed by atoms with Crippen LogP contribution in [0.1, 0.15) is 11.1 Å². The summed E-state index contributed by atoms with van der Waals surface area (Å²) in [6.07, 6.45) is 0.915. The number of hydrogen-bond acceptors (Lipinski definition) is 2. The van der Waals surface area contributed by atoms with Gasteiger partial charge in [-0.1, -0.05) is 70.5 Å². The first-order chi connectivity index (χ1) is 12.7. The summed E-state index contributed by atoms with van der Waals surface area (Å²) in [4.78, 5) is 4.57. The third-order valence-electron chi connectivity index (χ3n) is 4.45. The quantitative estimate of drug-likeness (QED) is 0.400. The normalized spacial score (nSPS) is 10.8. The summed E-state index contributed by atoms with van der Waals surface area (Å²) in [6.45, 7) is 0.